The van der Waals surface area contributed by atoms with Crippen LogP contribution in [0.15, 0.2) is 4.99 Å². The number of aryl methyl sites for hydroxylation is 1. The molecule has 0 aliphatic carbocycles. The average molecular weight is 505 g/mol. The lowest BCUT2D eigenvalue weighted by Crippen LogP contribution is -2.56. The monoisotopic (exact) mass is 505 g/mol. The van der Waals surface area contributed by atoms with Crippen LogP contribution >= 0.6 is 24.0 Å². The summed E-state index contributed by atoms with van der Waals surface area (Å²) in [5.74, 6) is 2.92. The topological polar surface area (TPSA) is 79.6 Å². The van der Waals surface area contributed by atoms with E-state index in [-0.39, 0.29) is 29.5 Å². The van der Waals surface area contributed by atoms with Crippen molar-refractivity contribution in [3.05, 3.63) is 11.6 Å². The molecule has 1 aromatic rings. The molecule has 1 aromatic heterocycles. The van der Waals surface area contributed by atoms with Crippen molar-refractivity contribution >= 4 is 29.9 Å². The van der Waals surface area contributed by atoms with Gasteiger partial charge < -0.3 is 19.9 Å². The van der Waals surface area contributed by atoms with Crippen LogP contribution in [-0.4, -0.2) is 70.6 Å². The summed E-state index contributed by atoms with van der Waals surface area (Å²) in [6.07, 6.45) is 4.71. The van der Waals surface area contributed by atoms with Gasteiger partial charge in [0.15, 0.2) is 11.8 Å². The molecule has 0 atom stereocenters. The van der Waals surface area contributed by atoms with Crippen LogP contribution in [0, 0.1) is 0 Å². The van der Waals surface area contributed by atoms with Crippen molar-refractivity contribution in [2.24, 2.45) is 4.99 Å². The molecular formula is C19H36IN7O. The number of rotatable bonds is 6. The maximum atomic E-state index is 5.48. The standard InChI is InChI=1S/C19H35N7O.HI/c1-4-20-18(22-15-19(2,3)25-10-12-27-13-11-25)21-14-17-24-23-16-8-6-5-7-9-26(16)17;/h4-15H2,1-3H3,(H2,20,21,22);1H. The fourth-order valence-electron chi connectivity index (χ4n) is 3.73. The molecule has 0 aromatic carbocycles. The van der Waals surface area contributed by atoms with E-state index in [1.807, 2.05) is 0 Å². The van der Waals surface area contributed by atoms with E-state index in [4.69, 9.17) is 9.73 Å². The van der Waals surface area contributed by atoms with Crippen molar-refractivity contribution in [2.45, 2.75) is 65.1 Å². The third kappa shape index (κ3) is 6.28. The van der Waals surface area contributed by atoms with E-state index in [0.717, 1.165) is 70.0 Å². The quantitative estimate of drug-likeness (QED) is 0.349. The smallest absolute Gasteiger partial charge is 0.191 e. The van der Waals surface area contributed by atoms with E-state index in [1.165, 1.54) is 19.3 Å². The zero-order chi connectivity index (χ0) is 19.1. The van der Waals surface area contributed by atoms with Gasteiger partial charge >= 0.3 is 0 Å². The van der Waals surface area contributed by atoms with Gasteiger partial charge in [-0.1, -0.05) is 6.42 Å². The number of nitrogens with one attached hydrogen (secondary N) is 2. The molecule has 0 saturated carbocycles. The lowest BCUT2D eigenvalue weighted by molar-refractivity contribution is -0.00834. The van der Waals surface area contributed by atoms with Crippen LogP contribution in [0.25, 0.3) is 0 Å². The Bertz CT molecular complexity index is 626. The first-order valence-electron chi connectivity index (χ1n) is 10.4. The van der Waals surface area contributed by atoms with Crippen LogP contribution < -0.4 is 10.6 Å². The summed E-state index contributed by atoms with van der Waals surface area (Å²) < 4.78 is 7.74. The first kappa shape index (κ1) is 23.3. The lowest BCUT2D eigenvalue weighted by atomic mass is 10.0. The fourth-order valence-corrected chi connectivity index (χ4v) is 3.73. The summed E-state index contributed by atoms with van der Waals surface area (Å²) in [6, 6.07) is 0. The number of morpholine rings is 1. The Labute approximate surface area is 185 Å². The van der Waals surface area contributed by atoms with Crippen molar-refractivity contribution in [1.29, 1.82) is 0 Å². The van der Waals surface area contributed by atoms with Crippen LogP contribution in [-0.2, 0) is 24.2 Å². The van der Waals surface area contributed by atoms with E-state index in [9.17, 15) is 0 Å². The molecule has 160 valence electrons. The number of nitrogens with zero attached hydrogens (tertiary/aromatic N) is 5. The number of fused-ring (bicyclic) bond motifs is 1. The molecular weight excluding hydrogens is 469 g/mol. The number of hydrogen-bond donors (Lipinski definition) is 2. The molecule has 28 heavy (non-hydrogen) atoms. The molecule has 2 aliphatic heterocycles. The van der Waals surface area contributed by atoms with Gasteiger partial charge in [0.1, 0.15) is 12.4 Å². The molecule has 2 aliphatic rings. The fraction of sp³-hybridized carbons (Fsp3) is 0.842. The Morgan fingerprint density at radius 1 is 1.11 bits per heavy atom. The van der Waals surface area contributed by atoms with Gasteiger partial charge in [0.05, 0.1) is 13.2 Å². The first-order chi connectivity index (χ1) is 13.1. The van der Waals surface area contributed by atoms with Gasteiger partial charge in [-0.2, -0.15) is 0 Å². The Morgan fingerprint density at radius 2 is 1.89 bits per heavy atom. The number of guanidine groups is 1. The largest absolute Gasteiger partial charge is 0.379 e. The second-order valence-corrected chi connectivity index (χ2v) is 7.96. The van der Waals surface area contributed by atoms with Crippen molar-refractivity contribution in [3.8, 4) is 0 Å². The zero-order valence-electron chi connectivity index (χ0n) is 17.5. The molecule has 2 N–H and O–H groups in total. The molecule has 9 heteroatoms. The van der Waals surface area contributed by atoms with E-state index in [1.54, 1.807) is 0 Å². The molecule has 3 heterocycles. The third-order valence-electron chi connectivity index (χ3n) is 5.46. The van der Waals surface area contributed by atoms with Crippen molar-refractivity contribution < 1.29 is 4.74 Å². The first-order valence-corrected chi connectivity index (χ1v) is 10.4. The number of hydrogen-bond acceptors (Lipinski definition) is 5. The minimum Gasteiger partial charge on any atom is -0.379 e. The van der Waals surface area contributed by atoms with Crippen molar-refractivity contribution in [1.82, 2.24) is 30.3 Å². The summed E-state index contributed by atoms with van der Waals surface area (Å²) >= 11 is 0. The van der Waals surface area contributed by atoms with Crippen LogP contribution in [0.4, 0.5) is 0 Å². The molecule has 1 saturated heterocycles. The minimum atomic E-state index is 0. The van der Waals surface area contributed by atoms with Crippen molar-refractivity contribution in [3.63, 3.8) is 0 Å². The Hall–Kier alpha value is -0.940. The molecule has 0 amide bonds. The summed E-state index contributed by atoms with van der Waals surface area (Å²) in [4.78, 5) is 7.25. The number of aliphatic imine (C=N–C) groups is 1. The molecule has 0 bridgehead atoms. The molecule has 0 radical (unpaired) electrons. The number of aromatic nitrogens is 3. The molecule has 0 unspecified atom stereocenters. The van der Waals surface area contributed by atoms with Gasteiger partial charge in [-0.05, 0) is 33.6 Å². The van der Waals surface area contributed by atoms with Gasteiger partial charge in [0.2, 0.25) is 0 Å². The molecule has 0 spiro atoms. The summed E-state index contributed by atoms with van der Waals surface area (Å²) in [7, 11) is 0. The van der Waals surface area contributed by atoms with E-state index in [0.29, 0.717) is 6.54 Å². The Kier molecular flexibility index (Phi) is 9.42. The number of halogens is 1. The molecule has 3 rings (SSSR count). The van der Waals surface area contributed by atoms with Crippen LogP contribution in [0.5, 0.6) is 0 Å². The highest BCUT2D eigenvalue weighted by Crippen LogP contribution is 2.16. The van der Waals surface area contributed by atoms with E-state index >= 15 is 0 Å². The summed E-state index contributed by atoms with van der Waals surface area (Å²) in [5.41, 5.74) is 0.0475. The SMILES string of the molecule is CCNC(=NCc1nnc2n1CCCCC2)NCC(C)(C)N1CCOCC1.I. The highest BCUT2D eigenvalue weighted by Gasteiger charge is 2.28. The van der Waals surface area contributed by atoms with E-state index < -0.39 is 0 Å². The zero-order valence-corrected chi connectivity index (χ0v) is 19.9. The highest BCUT2D eigenvalue weighted by molar-refractivity contribution is 14.0. The second kappa shape index (κ2) is 11.3. The van der Waals surface area contributed by atoms with Gasteiger partial charge in [0.25, 0.3) is 0 Å². The Morgan fingerprint density at radius 3 is 2.64 bits per heavy atom. The Balaban J connectivity index is 0.00000280. The molecule has 8 nitrogen and oxygen atoms in total. The normalized spacial score (nSPS) is 18.8. The van der Waals surface area contributed by atoms with Gasteiger partial charge in [-0.3, -0.25) is 4.90 Å². The van der Waals surface area contributed by atoms with Gasteiger partial charge in [-0.15, -0.1) is 34.2 Å². The summed E-state index contributed by atoms with van der Waals surface area (Å²) in [6.45, 7) is 13.5. The minimum absolute atomic E-state index is 0. The van der Waals surface area contributed by atoms with Crippen LogP contribution in [0.1, 0.15) is 51.7 Å². The number of ether oxygens (including phenoxy) is 1. The molecule has 1 fully saturated rings. The van der Waals surface area contributed by atoms with Crippen molar-refractivity contribution in [2.75, 3.05) is 39.4 Å². The van der Waals surface area contributed by atoms with Crippen LogP contribution in [0.3, 0.4) is 0 Å². The third-order valence-corrected chi connectivity index (χ3v) is 5.46. The second-order valence-electron chi connectivity index (χ2n) is 7.96. The van der Waals surface area contributed by atoms with Crippen LogP contribution in [0.2, 0.25) is 0 Å². The maximum absolute atomic E-state index is 5.48. The van der Waals surface area contributed by atoms with Gasteiger partial charge in [0, 0.05) is 44.7 Å². The van der Waals surface area contributed by atoms with E-state index in [2.05, 4.69) is 51.1 Å². The lowest BCUT2D eigenvalue weighted by Gasteiger charge is -2.41. The predicted molar refractivity (Wildman–Crippen MR) is 122 cm³/mol. The average Bonchev–Trinajstić information content (AvgIpc) is 2.91. The summed E-state index contributed by atoms with van der Waals surface area (Å²) in [5, 5.41) is 15.6. The van der Waals surface area contributed by atoms with Gasteiger partial charge in [-0.25, -0.2) is 4.99 Å². The predicted octanol–water partition coefficient (Wildman–Crippen LogP) is 1.79. The maximum Gasteiger partial charge on any atom is 0.191 e. The highest BCUT2D eigenvalue weighted by atomic mass is 127.